The van der Waals surface area contributed by atoms with E-state index in [0.717, 1.165) is 0 Å². The van der Waals surface area contributed by atoms with Crippen LogP contribution in [0.3, 0.4) is 0 Å². The largest absolute Gasteiger partial charge is 0.439 e. The van der Waals surface area contributed by atoms with Gasteiger partial charge in [-0.05, 0) is 12.1 Å². The molecule has 2 unspecified atom stereocenters. The molecule has 0 saturated carbocycles. The molecule has 26 heavy (non-hydrogen) atoms. The number of rotatable bonds is 6. The first-order chi connectivity index (χ1) is 11.5. The number of para-hydroxylation sites is 2. The van der Waals surface area contributed by atoms with Crippen LogP contribution in [-0.2, 0) is 0 Å². The predicted molar refractivity (Wildman–Crippen MR) is 59.5 cm³/mol. The highest BCUT2D eigenvalue weighted by Gasteiger charge is 2.61. The van der Waals surface area contributed by atoms with E-state index in [1.807, 2.05) is 0 Å². The van der Waals surface area contributed by atoms with E-state index in [2.05, 4.69) is 9.47 Å². The molecule has 0 aliphatic heterocycles. The minimum Gasteiger partial charge on any atom is -0.426 e. The van der Waals surface area contributed by atoms with Gasteiger partial charge in [-0.15, -0.1) is 0 Å². The Kier molecular flexibility index (Phi) is 5.88. The monoisotopic (exact) mass is 410 g/mol. The van der Waals surface area contributed by atoms with Crippen LogP contribution in [0.5, 0.6) is 11.5 Å². The molecular weight excluding hydrogens is 404 g/mol. The van der Waals surface area contributed by atoms with E-state index in [4.69, 9.17) is 0 Å². The number of hydrogen-bond acceptors (Lipinski definition) is 2. The summed E-state index contributed by atoms with van der Waals surface area (Å²) in [6.45, 7) is 0. The average Bonchev–Trinajstić information content (AvgIpc) is 2.45. The molecule has 0 saturated heterocycles. The van der Waals surface area contributed by atoms with Crippen molar-refractivity contribution in [2.75, 3.05) is 0 Å². The molecular formula is C12H6F12O2. The van der Waals surface area contributed by atoms with E-state index in [1.54, 1.807) is 0 Å². The maximum Gasteiger partial charge on any atom is 0.439 e. The van der Waals surface area contributed by atoms with Crippen molar-refractivity contribution in [2.45, 2.75) is 36.9 Å². The van der Waals surface area contributed by atoms with Gasteiger partial charge in [0.25, 0.3) is 12.3 Å². The normalized spacial score (nSPS) is 16.2. The van der Waals surface area contributed by atoms with E-state index in [9.17, 15) is 52.7 Å². The molecule has 1 rings (SSSR count). The molecule has 14 heteroatoms. The van der Waals surface area contributed by atoms with E-state index < -0.39 is 48.4 Å². The standard InChI is InChI=1S/C12H6F12O2/c13-7(9(15,16)17)11(21,22)25-5-3-1-2-4-6(5)26-12(23,24)8(14)10(18,19)20/h1-4,7-8H. The van der Waals surface area contributed by atoms with Crippen LogP contribution in [0.2, 0.25) is 0 Å². The fraction of sp³-hybridized carbons (Fsp3) is 0.500. The summed E-state index contributed by atoms with van der Waals surface area (Å²) in [4.78, 5) is 0. The zero-order chi connectivity index (χ0) is 20.6. The predicted octanol–water partition coefficient (Wildman–Crippen LogP) is 5.43. The fourth-order valence-electron chi connectivity index (χ4n) is 1.40. The summed E-state index contributed by atoms with van der Waals surface area (Å²) >= 11 is 0. The lowest BCUT2D eigenvalue weighted by Gasteiger charge is -2.26. The van der Waals surface area contributed by atoms with Crippen molar-refractivity contribution in [3.05, 3.63) is 24.3 Å². The smallest absolute Gasteiger partial charge is 0.426 e. The number of halogens is 12. The van der Waals surface area contributed by atoms with Crippen molar-refractivity contribution in [1.29, 1.82) is 0 Å². The zero-order valence-corrected chi connectivity index (χ0v) is 11.8. The van der Waals surface area contributed by atoms with Crippen LogP contribution in [-0.4, -0.2) is 36.9 Å². The Morgan fingerprint density at radius 3 is 1.08 bits per heavy atom. The van der Waals surface area contributed by atoms with E-state index in [0.29, 0.717) is 12.1 Å². The van der Waals surface area contributed by atoms with Gasteiger partial charge >= 0.3 is 24.6 Å². The second-order valence-electron chi connectivity index (χ2n) is 4.58. The molecule has 2 atom stereocenters. The Balaban J connectivity index is 3.13. The first kappa shape index (κ1) is 22.0. The van der Waals surface area contributed by atoms with Crippen LogP contribution in [0.4, 0.5) is 52.7 Å². The molecule has 0 aromatic heterocycles. The quantitative estimate of drug-likeness (QED) is 0.583. The maximum atomic E-state index is 13.1. The Morgan fingerprint density at radius 2 is 0.846 bits per heavy atom. The highest BCUT2D eigenvalue weighted by atomic mass is 19.4. The Bertz CT molecular complexity index is 556. The Hall–Kier alpha value is -2.02. The molecule has 0 bridgehead atoms. The van der Waals surface area contributed by atoms with Crippen LogP contribution in [0.1, 0.15) is 0 Å². The first-order valence-electron chi connectivity index (χ1n) is 6.12. The third-order valence-corrected chi connectivity index (χ3v) is 2.51. The molecule has 2 nitrogen and oxygen atoms in total. The number of benzene rings is 1. The number of hydrogen-bond donors (Lipinski definition) is 0. The summed E-state index contributed by atoms with van der Waals surface area (Å²) in [5.41, 5.74) is 0. The summed E-state index contributed by atoms with van der Waals surface area (Å²) < 4.78 is 157. The Morgan fingerprint density at radius 1 is 0.577 bits per heavy atom. The third kappa shape index (κ3) is 5.24. The van der Waals surface area contributed by atoms with Gasteiger partial charge in [-0.1, -0.05) is 12.1 Å². The van der Waals surface area contributed by atoms with E-state index in [1.165, 1.54) is 0 Å². The summed E-state index contributed by atoms with van der Waals surface area (Å²) in [6, 6.07) is 1.97. The molecule has 0 N–H and O–H groups in total. The second kappa shape index (κ2) is 6.95. The fourth-order valence-corrected chi connectivity index (χ4v) is 1.40. The van der Waals surface area contributed by atoms with Crippen LogP contribution in [0, 0.1) is 0 Å². The second-order valence-corrected chi connectivity index (χ2v) is 4.58. The third-order valence-electron chi connectivity index (χ3n) is 2.51. The minimum atomic E-state index is -6.11. The highest BCUT2D eigenvalue weighted by Crippen LogP contribution is 2.42. The lowest BCUT2D eigenvalue weighted by molar-refractivity contribution is -0.312. The van der Waals surface area contributed by atoms with Crippen molar-refractivity contribution in [2.24, 2.45) is 0 Å². The molecule has 0 aliphatic carbocycles. The molecule has 0 spiro atoms. The van der Waals surface area contributed by atoms with Crippen LogP contribution < -0.4 is 9.47 Å². The van der Waals surface area contributed by atoms with E-state index >= 15 is 0 Å². The lowest BCUT2D eigenvalue weighted by Crippen LogP contribution is -2.47. The van der Waals surface area contributed by atoms with Gasteiger partial charge in [0.1, 0.15) is 0 Å². The van der Waals surface area contributed by atoms with Gasteiger partial charge in [0.05, 0.1) is 0 Å². The molecule has 0 aliphatic rings. The van der Waals surface area contributed by atoms with Crippen molar-refractivity contribution in [1.82, 2.24) is 0 Å². The highest BCUT2D eigenvalue weighted by molar-refractivity contribution is 5.40. The average molecular weight is 410 g/mol. The van der Waals surface area contributed by atoms with Crippen LogP contribution in [0.15, 0.2) is 24.3 Å². The zero-order valence-electron chi connectivity index (χ0n) is 11.8. The first-order valence-corrected chi connectivity index (χ1v) is 6.12. The summed E-state index contributed by atoms with van der Waals surface area (Å²) in [6.07, 6.45) is -33.3. The summed E-state index contributed by atoms with van der Waals surface area (Å²) in [5.74, 6) is -3.36. The van der Waals surface area contributed by atoms with Crippen molar-refractivity contribution in [3.8, 4) is 11.5 Å². The SMILES string of the molecule is FC(C(F)(F)F)C(F)(F)Oc1ccccc1OC(F)(F)C(F)C(F)(F)F. The van der Waals surface area contributed by atoms with Crippen LogP contribution in [0.25, 0.3) is 0 Å². The van der Waals surface area contributed by atoms with Crippen molar-refractivity contribution < 1.29 is 62.2 Å². The molecule has 1 aromatic rings. The van der Waals surface area contributed by atoms with Crippen molar-refractivity contribution >= 4 is 0 Å². The molecule has 150 valence electrons. The molecule has 0 amide bonds. The lowest BCUT2D eigenvalue weighted by atomic mass is 10.3. The minimum absolute atomic E-state index is 0.267. The van der Waals surface area contributed by atoms with Crippen LogP contribution >= 0.6 is 0 Å². The van der Waals surface area contributed by atoms with Gasteiger partial charge in [-0.3, -0.25) is 0 Å². The van der Waals surface area contributed by atoms with Gasteiger partial charge in [-0.2, -0.15) is 43.9 Å². The molecule has 1 aromatic carbocycles. The van der Waals surface area contributed by atoms with Gasteiger partial charge in [0, 0.05) is 0 Å². The van der Waals surface area contributed by atoms with Gasteiger partial charge in [0.2, 0.25) is 0 Å². The summed E-state index contributed by atoms with van der Waals surface area (Å²) in [5, 5.41) is 0. The molecule has 0 fully saturated rings. The van der Waals surface area contributed by atoms with Gasteiger partial charge in [0.15, 0.2) is 11.5 Å². The number of alkyl halides is 12. The summed E-state index contributed by atoms with van der Waals surface area (Å²) in [7, 11) is 0. The molecule has 0 radical (unpaired) electrons. The van der Waals surface area contributed by atoms with E-state index in [-0.39, 0.29) is 12.1 Å². The van der Waals surface area contributed by atoms with Gasteiger partial charge in [-0.25, -0.2) is 8.78 Å². The number of ether oxygens (including phenoxy) is 2. The topological polar surface area (TPSA) is 18.5 Å². The maximum absolute atomic E-state index is 13.1. The van der Waals surface area contributed by atoms with Gasteiger partial charge < -0.3 is 9.47 Å². The molecule has 0 heterocycles. The Labute approximate surface area is 136 Å². The van der Waals surface area contributed by atoms with Crippen molar-refractivity contribution in [3.63, 3.8) is 0 Å².